The molecule has 2 amide bonds. The van der Waals surface area contributed by atoms with E-state index in [1.807, 2.05) is 6.42 Å². The predicted molar refractivity (Wildman–Crippen MR) is 47.6 cm³/mol. The van der Waals surface area contributed by atoms with Crippen LogP contribution in [-0.2, 0) is 0 Å². The van der Waals surface area contributed by atoms with Gasteiger partial charge in [-0.25, -0.2) is 0 Å². The van der Waals surface area contributed by atoms with Gasteiger partial charge >= 0.3 is 0 Å². The maximum Gasteiger partial charge on any atom is 0.230 e. The van der Waals surface area contributed by atoms with Crippen molar-refractivity contribution in [1.82, 2.24) is 0 Å². The quantitative estimate of drug-likeness (QED) is 0.356. The van der Waals surface area contributed by atoms with Crippen LogP contribution in [0.15, 0.2) is 29.3 Å². The Labute approximate surface area is 70.2 Å². The standard InChI is InChI=1S/C8H7N3O/c9-6-10-8(12)11-7-4-2-1-3-5-7/h1-6H,(H-,9,10,12). The number of urea groups is 1. The van der Waals surface area contributed by atoms with Crippen LogP contribution in [-0.4, -0.2) is 18.1 Å². The lowest BCUT2D eigenvalue weighted by Gasteiger charge is -1.98. The van der Waals surface area contributed by atoms with E-state index in [4.69, 9.17) is 5.41 Å². The molecule has 0 aliphatic heterocycles. The van der Waals surface area contributed by atoms with Crippen molar-refractivity contribution in [2.24, 2.45) is 4.99 Å². The lowest BCUT2D eigenvalue weighted by molar-refractivity contribution is 0.261. The molecule has 1 rings (SSSR count). The van der Waals surface area contributed by atoms with Crippen LogP contribution in [0.3, 0.4) is 0 Å². The summed E-state index contributed by atoms with van der Waals surface area (Å²) in [5.41, 5.74) is 0.549. The average molecular weight is 161 g/mol. The van der Waals surface area contributed by atoms with E-state index in [1.54, 1.807) is 24.3 Å². The summed E-state index contributed by atoms with van der Waals surface area (Å²) in [7, 11) is 0. The molecule has 0 aromatic carbocycles. The highest BCUT2D eigenvalue weighted by atomic mass is 16.2. The Morgan fingerprint density at radius 3 is 2.83 bits per heavy atom. The van der Waals surface area contributed by atoms with E-state index < -0.39 is 6.03 Å². The number of allylic oxidation sites excluding steroid dienone is 4. The third-order valence-electron chi connectivity index (χ3n) is 1.16. The molecule has 1 aliphatic rings. The topological polar surface area (TPSA) is 67.4 Å². The molecule has 1 aliphatic carbocycles. The van der Waals surface area contributed by atoms with Crippen molar-refractivity contribution in [3.8, 4) is 0 Å². The van der Waals surface area contributed by atoms with Gasteiger partial charge in [-0.2, -0.15) is 0 Å². The van der Waals surface area contributed by atoms with Gasteiger partial charge in [0.2, 0.25) is 6.03 Å². The molecule has 0 spiro atoms. The van der Waals surface area contributed by atoms with Gasteiger partial charge in [0.15, 0.2) is 0 Å². The molecule has 0 aromatic heterocycles. The first-order chi connectivity index (χ1) is 5.83. The molecule has 0 radical (unpaired) electrons. The Balaban J connectivity index is 2.60. The predicted octanol–water partition coefficient (Wildman–Crippen LogP) is 1.86. The van der Waals surface area contributed by atoms with Crippen LogP contribution in [0, 0.1) is 11.8 Å². The highest BCUT2D eigenvalue weighted by Crippen LogP contribution is 1.99. The second-order valence-electron chi connectivity index (χ2n) is 1.99. The first-order valence-electron chi connectivity index (χ1n) is 3.33. The van der Waals surface area contributed by atoms with Gasteiger partial charge in [-0.05, 0) is 6.34 Å². The lowest BCUT2D eigenvalue weighted by atomic mass is 10.2. The normalized spacial score (nSPS) is 13.5. The molecule has 0 unspecified atom stereocenters. The summed E-state index contributed by atoms with van der Waals surface area (Å²) in [6.45, 7) is 0. The van der Waals surface area contributed by atoms with Gasteiger partial charge in [0, 0.05) is 30.7 Å². The van der Waals surface area contributed by atoms with E-state index in [-0.39, 0.29) is 0 Å². The lowest BCUT2D eigenvalue weighted by Crippen LogP contribution is -1.97. The minimum absolute atomic E-state index is 0.549. The molecule has 0 saturated heterocycles. The zero-order valence-electron chi connectivity index (χ0n) is 6.27. The molecule has 4 nitrogen and oxygen atoms in total. The molecule has 60 valence electrons. The maximum absolute atomic E-state index is 10.7. The largest absolute Gasteiger partial charge is 0.419 e. The minimum atomic E-state index is -0.656. The van der Waals surface area contributed by atoms with Crippen molar-refractivity contribution in [3.63, 3.8) is 0 Å². The summed E-state index contributed by atoms with van der Waals surface area (Å²) in [5.74, 6) is 0. The molecule has 4 heteroatoms. The number of aliphatic imine (C=N–C) groups is 1. The van der Waals surface area contributed by atoms with Crippen LogP contribution >= 0.6 is 0 Å². The molecule has 0 heterocycles. The van der Waals surface area contributed by atoms with Crippen LogP contribution in [0.5, 0.6) is 0 Å². The Morgan fingerprint density at radius 1 is 1.58 bits per heavy atom. The second kappa shape index (κ2) is 4.12. The number of amides is 2. The fraction of sp³-hybridized carbons (Fsp3) is 0. The fourth-order valence-corrected chi connectivity index (χ4v) is 0.697. The molecule has 0 bridgehead atoms. The molecular weight excluding hydrogens is 154 g/mol. The third kappa shape index (κ3) is 2.42. The van der Waals surface area contributed by atoms with Gasteiger partial charge in [0.25, 0.3) is 0 Å². The van der Waals surface area contributed by atoms with Crippen molar-refractivity contribution in [3.05, 3.63) is 36.0 Å². The number of rotatable bonds is 1. The first-order valence-corrected chi connectivity index (χ1v) is 3.33. The summed E-state index contributed by atoms with van der Waals surface area (Å²) < 4.78 is 0. The van der Waals surface area contributed by atoms with Crippen molar-refractivity contribution in [1.29, 1.82) is 5.41 Å². The number of hydrogen-bond donors (Lipinski definition) is 1. The van der Waals surface area contributed by atoms with E-state index in [0.29, 0.717) is 12.1 Å². The minimum Gasteiger partial charge on any atom is -0.419 e. The number of nitrogens with one attached hydrogen (secondary N) is 1. The van der Waals surface area contributed by atoms with Crippen LogP contribution in [0.4, 0.5) is 4.79 Å². The Kier molecular flexibility index (Phi) is 2.84. The zero-order valence-corrected chi connectivity index (χ0v) is 6.27. The summed E-state index contributed by atoms with van der Waals surface area (Å²) in [5, 5.41) is 9.68. The maximum atomic E-state index is 10.7. The van der Waals surface area contributed by atoms with Gasteiger partial charge in [-0.3, -0.25) is 4.79 Å². The molecule has 0 atom stereocenters. The summed E-state index contributed by atoms with van der Waals surface area (Å²) in [6.07, 6.45) is 9.44. The van der Waals surface area contributed by atoms with E-state index >= 15 is 0 Å². The van der Waals surface area contributed by atoms with Gasteiger partial charge in [-0.1, -0.05) is 0 Å². The Bertz CT molecular complexity index is 262. The summed E-state index contributed by atoms with van der Waals surface area (Å²) >= 11 is 0. The van der Waals surface area contributed by atoms with E-state index in [2.05, 4.69) is 10.3 Å². The van der Waals surface area contributed by atoms with Crippen LogP contribution in [0.25, 0.3) is 5.32 Å². The first kappa shape index (κ1) is 8.26. The molecule has 0 fully saturated rings. The SMILES string of the molecule is N=C[N-]C(=O)N=C1C=C[CH+]C=C1. The number of carbonyl (C=O) groups excluding carboxylic acids is 1. The average Bonchev–Trinajstić information content (AvgIpc) is 2.06. The Morgan fingerprint density at radius 2 is 2.25 bits per heavy atom. The highest BCUT2D eigenvalue weighted by Gasteiger charge is 1.98. The van der Waals surface area contributed by atoms with Crippen LogP contribution < -0.4 is 0 Å². The molecular formula is C8H7N3O. The van der Waals surface area contributed by atoms with Gasteiger partial charge in [-0.15, -0.1) is 0 Å². The number of nitrogens with zero attached hydrogens (tertiary/aromatic N) is 2. The second-order valence-corrected chi connectivity index (χ2v) is 1.99. The number of carbonyl (C=O) groups is 1. The van der Waals surface area contributed by atoms with Crippen molar-refractivity contribution < 1.29 is 4.79 Å². The van der Waals surface area contributed by atoms with E-state index in [0.717, 1.165) is 0 Å². The van der Waals surface area contributed by atoms with Crippen molar-refractivity contribution in [2.75, 3.05) is 0 Å². The summed E-state index contributed by atoms with van der Waals surface area (Å²) in [4.78, 5) is 14.3. The summed E-state index contributed by atoms with van der Waals surface area (Å²) in [6, 6.07) is -0.656. The Hall–Kier alpha value is -1.84. The van der Waals surface area contributed by atoms with Crippen molar-refractivity contribution >= 4 is 18.1 Å². The van der Waals surface area contributed by atoms with Crippen LogP contribution in [0.1, 0.15) is 0 Å². The van der Waals surface area contributed by atoms with E-state index in [1.165, 1.54) is 0 Å². The molecule has 0 aromatic rings. The fourth-order valence-electron chi connectivity index (χ4n) is 0.697. The molecule has 1 N–H and O–H groups in total. The molecule has 0 saturated carbocycles. The van der Waals surface area contributed by atoms with Gasteiger partial charge < -0.3 is 15.7 Å². The van der Waals surface area contributed by atoms with Gasteiger partial charge in [0.1, 0.15) is 5.71 Å². The molecule has 12 heavy (non-hydrogen) atoms. The number of hydrogen-bond acceptors (Lipinski definition) is 2. The smallest absolute Gasteiger partial charge is 0.230 e. The highest BCUT2D eigenvalue weighted by molar-refractivity contribution is 6.15. The van der Waals surface area contributed by atoms with Crippen LogP contribution in [0.2, 0.25) is 0 Å². The van der Waals surface area contributed by atoms with Crippen molar-refractivity contribution in [2.45, 2.75) is 0 Å². The monoisotopic (exact) mass is 161 g/mol. The zero-order chi connectivity index (χ0) is 8.81. The third-order valence-corrected chi connectivity index (χ3v) is 1.16. The van der Waals surface area contributed by atoms with Gasteiger partial charge in [0.05, 0.1) is 0 Å². The van der Waals surface area contributed by atoms with E-state index in [9.17, 15) is 4.79 Å².